The third kappa shape index (κ3) is 16.9. The summed E-state index contributed by atoms with van der Waals surface area (Å²) in [5.41, 5.74) is 9.00. The standard InChI is InChI=1S/C19H18N2O3.C18H16F2N2O.C17H18N4O2.C16H13ClN4O.C15H14ClN5O/c1-23-15-7-8-16-13(9-15)10-17(20-16)18(22)21-19(11-24-12-19)14-5-3-2-4-6-14;1-11(12-5-3-2-4-6-12)21-18(23)16-9-13-7-8-14(17(19)20)10-15(13)22-16;1-21-10-12(9-18-21)17(5-6-17)20-16(22)15-8-11-7-13(23-2)3-4-14(11)19-15;17-11-2-3-12-10(8-11)9-13(20-12)14(22)21-16(4-5-16)15-18-6-1-7-19-15;1-21-8-10(6-18-21)15(2-3-15)20-14(22)12-5-9-4-11(16)7-17-13(9)19-12/h2-10,20H,11-12H2,1H3,(H,21,22);2-11,17,22H,1H3,(H,21,23);3-4,7-10,19H,5-6H2,1-2H3,(H,20,22);1-3,6-9,20H,4-5H2,(H,21,22);4-8H,2-3H2,1H3,(H,17,19)(H,20,22)/t;11-;;;/m.1.../s1. The van der Waals surface area contributed by atoms with Gasteiger partial charge in [-0.25, -0.2) is 23.7 Å². The van der Waals surface area contributed by atoms with Crippen molar-refractivity contribution in [2.24, 2.45) is 14.1 Å². The molecule has 1 atom stereocenters. The number of hydrogen-bond acceptors (Lipinski definition) is 13. The highest BCUT2D eigenvalue weighted by Gasteiger charge is 2.50. The van der Waals surface area contributed by atoms with Crippen LogP contribution in [0.4, 0.5) is 8.78 Å². The zero-order chi connectivity index (χ0) is 79.5. The fourth-order valence-electron chi connectivity index (χ4n) is 13.7. The molecule has 10 heterocycles. The highest BCUT2D eigenvalue weighted by Crippen LogP contribution is 2.47. The van der Waals surface area contributed by atoms with Gasteiger partial charge in [-0.1, -0.05) is 96.0 Å². The molecule has 15 aromatic rings. The predicted molar refractivity (Wildman–Crippen MR) is 430 cm³/mol. The molecule has 25 nitrogen and oxygen atoms in total. The molecule has 114 heavy (non-hydrogen) atoms. The Morgan fingerprint density at radius 2 is 0.904 bits per heavy atom. The van der Waals surface area contributed by atoms with Crippen LogP contribution in [0.3, 0.4) is 0 Å². The van der Waals surface area contributed by atoms with Crippen molar-refractivity contribution < 1.29 is 47.0 Å². The number of benzene rings is 6. The van der Waals surface area contributed by atoms with E-state index in [2.05, 4.69) is 76.7 Å². The van der Waals surface area contributed by atoms with Gasteiger partial charge in [0.1, 0.15) is 56.7 Å². The van der Waals surface area contributed by atoms with E-state index in [0.29, 0.717) is 68.7 Å². The quantitative estimate of drug-likeness (QED) is 0.0382. The highest BCUT2D eigenvalue weighted by molar-refractivity contribution is 6.31. The smallest absolute Gasteiger partial charge is 0.268 e. The van der Waals surface area contributed by atoms with E-state index in [1.807, 2.05) is 161 Å². The van der Waals surface area contributed by atoms with Gasteiger partial charge in [-0.05, 0) is 160 Å². The lowest BCUT2D eigenvalue weighted by molar-refractivity contribution is -0.0734. The molecule has 1 aliphatic heterocycles. The Labute approximate surface area is 661 Å². The van der Waals surface area contributed by atoms with E-state index in [4.69, 9.17) is 37.4 Å². The van der Waals surface area contributed by atoms with Gasteiger partial charge in [-0.15, -0.1) is 0 Å². The van der Waals surface area contributed by atoms with Crippen LogP contribution in [-0.2, 0) is 41.0 Å². The number of carbonyl (C=O) groups is 5. The molecule has 10 N–H and O–H groups in total. The van der Waals surface area contributed by atoms with Crippen LogP contribution in [0.1, 0.15) is 144 Å². The van der Waals surface area contributed by atoms with Crippen LogP contribution < -0.4 is 36.1 Å². The second kappa shape index (κ2) is 32.0. The first-order valence-corrected chi connectivity index (χ1v) is 37.5. The number of aromatic amines is 5. The molecule has 5 amide bonds. The summed E-state index contributed by atoms with van der Waals surface area (Å²) in [6, 6.07) is 53.1. The SMILES string of the molecule is COc1ccc2[nH]c(C(=O)NC3(c4ccccc4)COC3)cc2c1.COc1ccc2[nH]c(C(=O)NC3(c4cnn(C)c4)CC3)cc2c1.C[C@@H](NC(=O)c1cc2ccc(C(F)F)cc2[nH]1)c1ccccc1.Cn1cc(C2(NC(=O)c3cc4cc(Cl)cnc4[nH]3)CC2)cn1.O=C(NC1(c2ncccn2)CC1)c1cc2cc(Cl)ccc2[nH]1. The van der Waals surface area contributed by atoms with Crippen LogP contribution in [0.5, 0.6) is 11.5 Å². The largest absolute Gasteiger partial charge is 0.497 e. The zero-order valence-corrected chi connectivity index (χ0v) is 64.0. The lowest BCUT2D eigenvalue weighted by atomic mass is 9.88. The first kappa shape index (κ1) is 76.4. The molecule has 0 unspecified atom stereocenters. The number of hydrogen-bond donors (Lipinski definition) is 10. The number of carbonyl (C=O) groups excluding carboxylic acids is 5. The number of methoxy groups -OCH3 is 2. The molecule has 580 valence electrons. The fraction of sp³-hybridized carbons (Fsp3) is 0.224. The molecule has 0 spiro atoms. The molecule has 29 heteroatoms. The second-order valence-corrected chi connectivity index (χ2v) is 29.7. The number of H-pyrrole nitrogens is 5. The topological polar surface area (TPSA) is 326 Å². The molecule has 1 saturated heterocycles. The fourth-order valence-corrected chi connectivity index (χ4v) is 14.1. The molecule has 4 aliphatic rings. The summed E-state index contributed by atoms with van der Waals surface area (Å²) in [7, 11) is 7.01. The molecule has 3 saturated carbocycles. The van der Waals surface area contributed by atoms with Gasteiger partial charge in [0.2, 0.25) is 0 Å². The third-order valence-electron chi connectivity index (χ3n) is 20.6. The van der Waals surface area contributed by atoms with E-state index in [9.17, 15) is 32.8 Å². The van der Waals surface area contributed by atoms with Crippen molar-refractivity contribution in [1.29, 1.82) is 0 Å². The second-order valence-electron chi connectivity index (χ2n) is 28.8. The average molecular weight is 1580 g/mol. The lowest BCUT2D eigenvalue weighted by Crippen LogP contribution is -2.59. The van der Waals surface area contributed by atoms with E-state index in [1.54, 1.807) is 90.8 Å². The number of halogens is 4. The van der Waals surface area contributed by atoms with Crippen molar-refractivity contribution in [3.63, 3.8) is 0 Å². The normalized spacial score (nSPS) is 15.1. The van der Waals surface area contributed by atoms with Crippen LogP contribution in [0, 0.1) is 0 Å². The van der Waals surface area contributed by atoms with Gasteiger partial charge in [0, 0.05) is 116 Å². The van der Waals surface area contributed by atoms with Crippen LogP contribution >= 0.6 is 23.2 Å². The zero-order valence-electron chi connectivity index (χ0n) is 62.5. The number of amides is 5. The summed E-state index contributed by atoms with van der Waals surface area (Å²) in [5.74, 6) is 1.41. The summed E-state index contributed by atoms with van der Waals surface area (Å²) in [6.07, 6.45) is 15.4. The van der Waals surface area contributed by atoms with Gasteiger partial charge in [-0.3, -0.25) is 33.3 Å². The molecule has 6 aromatic carbocycles. The van der Waals surface area contributed by atoms with E-state index >= 15 is 0 Å². The number of rotatable bonds is 18. The van der Waals surface area contributed by atoms with Crippen molar-refractivity contribution in [2.45, 2.75) is 80.1 Å². The third-order valence-corrected chi connectivity index (χ3v) is 21.1. The number of ether oxygens (including phenoxy) is 3. The maximum Gasteiger partial charge on any atom is 0.268 e. The number of aryl methyl sites for hydroxylation is 2. The van der Waals surface area contributed by atoms with Gasteiger partial charge in [0.05, 0.1) is 62.0 Å². The number of alkyl halides is 2. The van der Waals surface area contributed by atoms with E-state index < -0.39 is 17.5 Å². The summed E-state index contributed by atoms with van der Waals surface area (Å²) in [5, 5.41) is 29.3. The molecule has 19 rings (SSSR count). The minimum Gasteiger partial charge on any atom is -0.497 e. The number of fused-ring (bicyclic) bond motifs is 5. The Balaban J connectivity index is 0.000000112. The Morgan fingerprint density at radius 1 is 0.447 bits per heavy atom. The molecular weight excluding hydrogens is 1500 g/mol. The molecule has 4 fully saturated rings. The number of aromatic nitrogens is 12. The van der Waals surface area contributed by atoms with Gasteiger partial charge >= 0.3 is 0 Å². The summed E-state index contributed by atoms with van der Waals surface area (Å²) >= 11 is 11.9. The number of pyridine rings is 1. The highest BCUT2D eigenvalue weighted by atomic mass is 35.5. The van der Waals surface area contributed by atoms with Crippen molar-refractivity contribution in [3.05, 3.63) is 291 Å². The average Bonchev–Trinajstić information content (AvgIpc) is 1.65. The van der Waals surface area contributed by atoms with E-state index in [1.165, 1.54) is 12.1 Å². The summed E-state index contributed by atoms with van der Waals surface area (Å²) < 4.78 is 44.8. The van der Waals surface area contributed by atoms with E-state index in [-0.39, 0.29) is 52.2 Å². The lowest BCUT2D eigenvalue weighted by Gasteiger charge is -2.42. The van der Waals surface area contributed by atoms with Gasteiger partial charge < -0.3 is 65.7 Å². The Hall–Kier alpha value is -13.0. The molecule has 9 aromatic heterocycles. The van der Waals surface area contributed by atoms with Crippen molar-refractivity contribution in [2.75, 3.05) is 27.4 Å². The van der Waals surface area contributed by atoms with Crippen molar-refractivity contribution in [3.8, 4) is 11.5 Å². The molecule has 0 radical (unpaired) electrons. The maximum atomic E-state index is 12.7. The predicted octanol–water partition coefficient (Wildman–Crippen LogP) is 15.2. The van der Waals surface area contributed by atoms with Crippen molar-refractivity contribution in [1.82, 2.24) is 86.0 Å². The van der Waals surface area contributed by atoms with Crippen LogP contribution in [0.2, 0.25) is 10.0 Å². The minimum absolute atomic E-state index is 0.0658. The van der Waals surface area contributed by atoms with Gasteiger partial charge in [0.15, 0.2) is 5.82 Å². The monoisotopic (exact) mass is 1570 g/mol. The van der Waals surface area contributed by atoms with Crippen LogP contribution in [0.25, 0.3) is 54.6 Å². The molecular formula is C85H79Cl2F2N17O8. The minimum atomic E-state index is -2.53. The van der Waals surface area contributed by atoms with E-state index in [0.717, 1.165) is 116 Å². The van der Waals surface area contributed by atoms with Crippen LogP contribution in [-0.4, -0.2) is 116 Å². The Morgan fingerprint density at radius 3 is 1.39 bits per heavy atom. The summed E-state index contributed by atoms with van der Waals surface area (Å²) in [6.45, 7) is 2.86. The maximum absolute atomic E-state index is 12.7. The summed E-state index contributed by atoms with van der Waals surface area (Å²) in [4.78, 5) is 90.7. The molecule has 3 aliphatic carbocycles. The Bertz CT molecular complexity index is 6040. The Kier molecular flexibility index (Phi) is 21.5. The van der Waals surface area contributed by atoms with Crippen molar-refractivity contribution >= 4 is 107 Å². The molecule has 0 bridgehead atoms. The van der Waals surface area contributed by atoms with Gasteiger partial charge in [0.25, 0.3) is 36.0 Å². The first-order valence-electron chi connectivity index (χ1n) is 36.8. The van der Waals surface area contributed by atoms with Crippen LogP contribution in [0.15, 0.2) is 219 Å². The van der Waals surface area contributed by atoms with Gasteiger partial charge in [-0.2, -0.15) is 10.2 Å². The number of nitrogens with zero attached hydrogens (tertiary/aromatic N) is 7. The first-order chi connectivity index (χ1) is 55.1. The number of nitrogens with one attached hydrogen (secondary N) is 10.